The van der Waals surface area contributed by atoms with Gasteiger partial charge in [-0.15, -0.1) is 0 Å². The van der Waals surface area contributed by atoms with E-state index in [1.165, 1.54) is 0 Å². The predicted molar refractivity (Wildman–Crippen MR) is 68.0 cm³/mol. The first-order valence-corrected chi connectivity index (χ1v) is 6.19. The van der Waals surface area contributed by atoms with Gasteiger partial charge in [-0.05, 0) is 25.5 Å². The average Bonchev–Trinajstić information content (AvgIpc) is 2.83. The lowest BCUT2D eigenvalue weighted by Gasteiger charge is -2.24. The van der Waals surface area contributed by atoms with Crippen LogP contribution in [0.3, 0.4) is 0 Å². The van der Waals surface area contributed by atoms with E-state index in [2.05, 4.69) is 0 Å². The highest BCUT2D eigenvalue weighted by Gasteiger charge is 2.34. The molecule has 1 saturated heterocycles. The molecule has 0 saturated carbocycles. The Morgan fingerprint density at radius 1 is 1.28 bits per heavy atom. The molecule has 1 aliphatic heterocycles. The molecule has 0 bridgehead atoms. The summed E-state index contributed by atoms with van der Waals surface area (Å²) in [6.45, 7) is 2.68. The Hall–Kier alpha value is -1.26. The van der Waals surface area contributed by atoms with Crippen molar-refractivity contribution in [1.29, 1.82) is 0 Å². The molecule has 0 radical (unpaired) electrons. The molecule has 100 valence electrons. The molecule has 0 aliphatic carbocycles. The zero-order valence-corrected chi connectivity index (χ0v) is 11.1. The Morgan fingerprint density at radius 2 is 1.89 bits per heavy atom. The average molecular weight is 252 g/mol. The van der Waals surface area contributed by atoms with Crippen LogP contribution in [0.5, 0.6) is 11.5 Å². The maximum absolute atomic E-state index is 10.6. The first-order valence-electron chi connectivity index (χ1n) is 6.19. The molecule has 3 unspecified atom stereocenters. The summed E-state index contributed by atoms with van der Waals surface area (Å²) in [6.07, 6.45) is 0.270. The Labute approximate surface area is 107 Å². The van der Waals surface area contributed by atoms with E-state index in [1.807, 2.05) is 25.1 Å². The number of ether oxygens (including phenoxy) is 3. The topological polar surface area (TPSA) is 47.9 Å². The van der Waals surface area contributed by atoms with Crippen LogP contribution in [0.2, 0.25) is 0 Å². The summed E-state index contributed by atoms with van der Waals surface area (Å²) in [6, 6.07) is 5.52. The standard InChI is InChI=1S/C14H20O4/c1-9-10(7-8-18-9)14(15)13-11(16-2)5-4-6-12(13)17-3/h4-6,9-10,14-15H,7-8H2,1-3H3. The van der Waals surface area contributed by atoms with Crippen molar-refractivity contribution in [3.8, 4) is 11.5 Å². The van der Waals surface area contributed by atoms with Gasteiger partial charge in [0.1, 0.15) is 11.5 Å². The maximum Gasteiger partial charge on any atom is 0.128 e. The fourth-order valence-electron chi connectivity index (χ4n) is 2.55. The molecular formula is C14H20O4. The molecule has 1 fully saturated rings. The monoisotopic (exact) mass is 252 g/mol. The normalized spacial score (nSPS) is 24.9. The molecule has 1 aromatic carbocycles. The summed E-state index contributed by atoms with van der Waals surface area (Å²) in [5, 5.41) is 10.6. The summed E-state index contributed by atoms with van der Waals surface area (Å²) in [7, 11) is 3.19. The van der Waals surface area contributed by atoms with E-state index >= 15 is 0 Å². The Balaban J connectivity index is 2.36. The fourth-order valence-corrected chi connectivity index (χ4v) is 2.55. The highest BCUT2D eigenvalue weighted by molar-refractivity contribution is 5.46. The first kappa shape index (κ1) is 13.2. The third kappa shape index (κ3) is 2.31. The lowest BCUT2D eigenvalue weighted by Crippen LogP contribution is -2.20. The Bertz CT molecular complexity index is 383. The molecule has 4 nitrogen and oxygen atoms in total. The highest BCUT2D eigenvalue weighted by atomic mass is 16.5. The van der Waals surface area contributed by atoms with Crippen LogP contribution in [0.1, 0.15) is 25.0 Å². The summed E-state index contributed by atoms with van der Waals surface area (Å²) >= 11 is 0. The van der Waals surface area contributed by atoms with Crippen LogP contribution in [0.4, 0.5) is 0 Å². The molecule has 1 aliphatic rings. The molecule has 3 atom stereocenters. The van der Waals surface area contributed by atoms with Crippen LogP contribution in [-0.2, 0) is 4.74 Å². The van der Waals surface area contributed by atoms with E-state index in [1.54, 1.807) is 14.2 Å². The van der Waals surface area contributed by atoms with Crippen molar-refractivity contribution in [1.82, 2.24) is 0 Å². The van der Waals surface area contributed by atoms with Gasteiger partial charge >= 0.3 is 0 Å². The number of rotatable bonds is 4. The SMILES string of the molecule is COc1cccc(OC)c1C(O)C1CCOC1C. The minimum atomic E-state index is -0.631. The zero-order valence-electron chi connectivity index (χ0n) is 11.1. The molecular weight excluding hydrogens is 232 g/mol. The summed E-state index contributed by atoms with van der Waals surface area (Å²) in [5.41, 5.74) is 0.713. The lowest BCUT2D eigenvalue weighted by atomic mass is 9.90. The number of methoxy groups -OCH3 is 2. The van der Waals surface area contributed by atoms with Crippen LogP contribution in [0, 0.1) is 5.92 Å². The van der Waals surface area contributed by atoms with E-state index in [0.29, 0.717) is 23.7 Å². The molecule has 1 N–H and O–H groups in total. The van der Waals surface area contributed by atoms with Crippen molar-refractivity contribution in [3.05, 3.63) is 23.8 Å². The second kappa shape index (κ2) is 5.59. The van der Waals surface area contributed by atoms with Crippen LogP contribution >= 0.6 is 0 Å². The molecule has 1 aromatic rings. The minimum absolute atomic E-state index is 0.0506. The second-order valence-corrected chi connectivity index (χ2v) is 4.55. The first-order chi connectivity index (χ1) is 8.69. The van der Waals surface area contributed by atoms with Crippen LogP contribution in [0.15, 0.2) is 18.2 Å². The van der Waals surface area contributed by atoms with Gasteiger partial charge in [0.15, 0.2) is 0 Å². The van der Waals surface area contributed by atoms with Gasteiger partial charge in [-0.1, -0.05) is 6.07 Å². The number of hydrogen-bond acceptors (Lipinski definition) is 4. The maximum atomic E-state index is 10.6. The molecule has 18 heavy (non-hydrogen) atoms. The van der Waals surface area contributed by atoms with Crippen molar-refractivity contribution < 1.29 is 19.3 Å². The third-order valence-corrected chi connectivity index (χ3v) is 3.60. The third-order valence-electron chi connectivity index (χ3n) is 3.60. The van der Waals surface area contributed by atoms with E-state index in [-0.39, 0.29) is 12.0 Å². The Morgan fingerprint density at radius 3 is 2.33 bits per heavy atom. The molecule has 0 aromatic heterocycles. The Kier molecular flexibility index (Phi) is 4.09. The molecule has 0 spiro atoms. The molecule has 0 amide bonds. The molecule has 1 heterocycles. The number of hydrogen-bond donors (Lipinski definition) is 1. The van der Waals surface area contributed by atoms with Gasteiger partial charge in [0.2, 0.25) is 0 Å². The molecule has 4 heteroatoms. The fraction of sp³-hybridized carbons (Fsp3) is 0.571. The van der Waals surface area contributed by atoms with Crippen molar-refractivity contribution >= 4 is 0 Å². The van der Waals surface area contributed by atoms with Crippen molar-refractivity contribution in [2.45, 2.75) is 25.6 Å². The quantitative estimate of drug-likeness (QED) is 0.892. The van der Waals surface area contributed by atoms with Gasteiger partial charge in [-0.2, -0.15) is 0 Å². The van der Waals surface area contributed by atoms with Gasteiger partial charge in [0.05, 0.1) is 32.0 Å². The van der Waals surface area contributed by atoms with Gasteiger partial charge < -0.3 is 19.3 Å². The van der Waals surface area contributed by atoms with Gasteiger partial charge in [0, 0.05) is 12.5 Å². The summed E-state index contributed by atoms with van der Waals surface area (Å²) in [5.74, 6) is 1.39. The molecule has 2 rings (SSSR count). The van der Waals surface area contributed by atoms with E-state index in [4.69, 9.17) is 14.2 Å². The predicted octanol–water partition coefficient (Wildman–Crippen LogP) is 2.16. The summed E-state index contributed by atoms with van der Waals surface area (Å²) < 4.78 is 16.2. The van der Waals surface area contributed by atoms with Crippen LogP contribution in [-0.4, -0.2) is 32.0 Å². The van der Waals surface area contributed by atoms with E-state index in [0.717, 1.165) is 6.42 Å². The zero-order chi connectivity index (χ0) is 13.1. The largest absolute Gasteiger partial charge is 0.496 e. The minimum Gasteiger partial charge on any atom is -0.496 e. The number of aliphatic hydroxyl groups excluding tert-OH is 1. The van der Waals surface area contributed by atoms with Gasteiger partial charge in [-0.3, -0.25) is 0 Å². The summed E-state index contributed by atoms with van der Waals surface area (Å²) in [4.78, 5) is 0. The van der Waals surface area contributed by atoms with Crippen LogP contribution < -0.4 is 9.47 Å². The van der Waals surface area contributed by atoms with Crippen molar-refractivity contribution in [3.63, 3.8) is 0 Å². The number of aliphatic hydroxyl groups is 1. The smallest absolute Gasteiger partial charge is 0.128 e. The van der Waals surface area contributed by atoms with Gasteiger partial charge in [-0.25, -0.2) is 0 Å². The number of benzene rings is 1. The second-order valence-electron chi connectivity index (χ2n) is 4.55. The van der Waals surface area contributed by atoms with E-state index < -0.39 is 6.10 Å². The van der Waals surface area contributed by atoms with Crippen molar-refractivity contribution in [2.75, 3.05) is 20.8 Å². The lowest BCUT2D eigenvalue weighted by molar-refractivity contribution is 0.0408. The van der Waals surface area contributed by atoms with E-state index in [9.17, 15) is 5.11 Å². The highest BCUT2D eigenvalue weighted by Crippen LogP contribution is 2.41. The van der Waals surface area contributed by atoms with Gasteiger partial charge in [0.25, 0.3) is 0 Å². The van der Waals surface area contributed by atoms with Crippen LogP contribution in [0.25, 0.3) is 0 Å². The van der Waals surface area contributed by atoms with Crippen molar-refractivity contribution in [2.24, 2.45) is 5.92 Å².